The number of carbonyl (C=O) groups excluding carboxylic acids is 1. The number of rotatable bonds is 6. The van der Waals surface area contributed by atoms with Crippen molar-refractivity contribution in [2.45, 2.75) is 51.2 Å². The van der Waals surface area contributed by atoms with Crippen LogP contribution in [0.1, 0.15) is 61.2 Å². The summed E-state index contributed by atoms with van der Waals surface area (Å²) in [6, 6.07) is 15.8. The minimum Gasteiger partial charge on any atom is -0.497 e. The van der Waals surface area contributed by atoms with Crippen LogP contribution in [0, 0.1) is 11.8 Å². The highest BCUT2D eigenvalue weighted by molar-refractivity contribution is 5.90. The molecule has 6 rings (SSSR count). The molecular weight excluding hydrogens is 448 g/mol. The molecule has 0 aliphatic carbocycles. The Balaban J connectivity index is 1.53. The van der Waals surface area contributed by atoms with Crippen molar-refractivity contribution in [3.8, 4) is 5.75 Å². The normalized spacial score (nSPS) is 24.3. The molecular formula is C31H36N2O3. The average Bonchev–Trinajstić information content (AvgIpc) is 2.90. The maximum Gasteiger partial charge on any atom is 0.338 e. The fraction of sp³-hybridized carbons (Fsp3) is 0.419. The van der Waals surface area contributed by atoms with Crippen LogP contribution in [-0.2, 0) is 10.2 Å². The molecule has 1 unspecified atom stereocenters. The maximum atomic E-state index is 13.5. The third-order valence-electron chi connectivity index (χ3n) is 8.01. The van der Waals surface area contributed by atoms with Crippen molar-refractivity contribution < 1.29 is 14.3 Å². The third kappa shape index (κ3) is 4.64. The Morgan fingerprint density at radius 3 is 2.58 bits per heavy atom. The summed E-state index contributed by atoms with van der Waals surface area (Å²) in [4.78, 5) is 20.6. The van der Waals surface area contributed by atoms with E-state index in [2.05, 4.69) is 43.3 Å². The van der Waals surface area contributed by atoms with Crippen molar-refractivity contribution in [2.24, 2.45) is 11.8 Å². The zero-order valence-corrected chi connectivity index (χ0v) is 21.7. The number of esters is 1. The van der Waals surface area contributed by atoms with Gasteiger partial charge in [-0.1, -0.05) is 39.0 Å². The van der Waals surface area contributed by atoms with Crippen LogP contribution in [0.5, 0.6) is 5.75 Å². The van der Waals surface area contributed by atoms with Gasteiger partial charge in [0, 0.05) is 23.7 Å². The summed E-state index contributed by atoms with van der Waals surface area (Å²) in [6.45, 7) is 12.5. The van der Waals surface area contributed by atoms with Gasteiger partial charge in [0.2, 0.25) is 0 Å². The number of benzene rings is 2. The van der Waals surface area contributed by atoms with Crippen LogP contribution in [0.4, 0.5) is 0 Å². The van der Waals surface area contributed by atoms with Crippen LogP contribution in [0.3, 0.4) is 0 Å². The highest BCUT2D eigenvalue weighted by Crippen LogP contribution is 2.44. The number of ether oxygens (including phenoxy) is 2. The van der Waals surface area contributed by atoms with Crippen LogP contribution in [0.15, 0.2) is 67.4 Å². The first-order chi connectivity index (χ1) is 17.3. The van der Waals surface area contributed by atoms with E-state index in [0.29, 0.717) is 17.4 Å². The smallest absolute Gasteiger partial charge is 0.338 e. The monoisotopic (exact) mass is 484 g/mol. The molecule has 2 bridgehead atoms. The fourth-order valence-electron chi connectivity index (χ4n) is 5.85. The van der Waals surface area contributed by atoms with Gasteiger partial charge in [0.1, 0.15) is 11.9 Å². The number of methoxy groups -OCH3 is 1. The average molecular weight is 485 g/mol. The van der Waals surface area contributed by atoms with Gasteiger partial charge in [0.05, 0.1) is 24.2 Å². The maximum absolute atomic E-state index is 13.5. The molecule has 3 aromatic rings. The third-order valence-corrected chi connectivity index (χ3v) is 8.01. The molecule has 36 heavy (non-hydrogen) atoms. The molecule has 5 heteroatoms. The van der Waals surface area contributed by atoms with Crippen molar-refractivity contribution in [1.29, 1.82) is 0 Å². The first-order valence-corrected chi connectivity index (χ1v) is 12.9. The van der Waals surface area contributed by atoms with Gasteiger partial charge in [-0.25, -0.2) is 4.79 Å². The molecule has 0 saturated carbocycles. The first-order valence-electron chi connectivity index (χ1n) is 12.9. The molecule has 3 aliphatic rings. The molecule has 188 valence electrons. The summed E-state index contributed by atoms with van der Waals surface area (Å²) < 4.78 is 11.9. The number of pyridine rings is 1. The van der Waals surface area contributed by atoms with Crippen LogP contribution in [0.25, 0.3) is 10.9 Å². The van der Waals surface area contributed by atoms with E-state index in [9.17, 15) is 4.79 Å². The fourth-order valence-corrected chi connectivity index (χ4v) is 5.85. The van der Waals surface area contributed by atoms with Crippen LogP contribution >= 0.6 is 0 Å². The van der Waals surface area contributed by atoms with Gasteiger partial charge in [0.15, 0.2) is 0 Å². The molecule has 0 spiro atoms. The molecule has 0 amide bonds. The van der Waals surface area contributed by atoms with Crippen LogP contribution < -0.4 is 4.74 Å². The second kappa shape index (κ2) is 9.70. The second-order valence-corrected chi connectivity index (χ2v) is 11.2. The van der Waals surface area contributed by atoms with E-state index < -0.39 is 6.10 Å². The Morgan fingerprint density at radius 1 is 1.17 bits per heavy atom. The van der Waals surface area contributed by atoms with E-state index in [-0.39, 0.29) is 17.4 Å². The van der Waals surface area contributed by atoms with Gasteiger partial charge < -0.3 is 9.47 Å². The minimum atomic E-state index is -0.411. The Kier molecular flexibility index (Phi) is 6.60. The zero-order chi connectivity index (χ0) is 25.4. The molecule has 4 heterocycles. The zero-order valence-electron chi connectivity index (χ0n) is 21.7. The lowest BCUT2D eigenvalue weighted by molar-refractivity contribution is -0.0568. The molecule has 0 N–H and O–H groups in total. The highest BCUT2D eigenvalue weighted by Gasteiger charge is 2.44. The lowest BCUT2D eigenvalue weighted by Crippen LogP contribution is -2.55. The van der Waals surface area contributed by atoms with Crippen molar-refractivity contribution in [3.63, 3.8) is 0 Å². The number of hydrogen-bond donors (Lipinski definition) is 0. The number of piperidine rings is 3. The summed E-state index contributed by atoms with van der Waals surface area (Å²) in [5, 5.41) is 0.959. The van der Waals surface area contributed by atoms with E-state index in [4.69, 9.17) is 9.47 Å². The van der Waals surface area contributed by atoms with Gasteiger partial charge in [-0.05, 0) is 78.6 Å². The standard InChI is InChI=1S/C31H36N2O3/c1-6-20-19-33-16-14-22(20)17-28(33)29(25-13-15-32-27-12-11-24(35-5)18-26(25)27)36-30(34)21-7-9-23(10-8-21)31(2,3)4/h6-13,15,18,20,22,28-29H,1,14,16-17,19H2,2-5H3/t20-,22+,28-,29-/m1/s1. The Bertz CT molecular complexity index is 1260. The van der Waals surface area contributed by atoms with Crippen LogP contribution in [-0.4, -0.2) is 42.1 Å². The van der Waals surface area contributed by atoms with Gasteiger partial charge in [0.25, 0.3) is 0 Å². The number of aromatic nitrogens is 1. The van der Waals surface area contributed by atoms with Gasteiger partial charge in [-0.2, -0.15) is 0 Å². The highest BCUT2D eigenvalue weighted by atomic mass is 16.5. The second-order valence-electron chi connectivity index (χ2n) is 11.2. The van der Waals surface area contributed by atoms with Crippen molar-refractivity contribution in [3.05, 3.63) is 84.1 Å². The Labute approximate surface area is 214 Å². The quantitative estimate of drug-likeness (QED) is 0.302. The molecule has 5 atom stereocenters. The topological polar surface area (TPSA) is 51.7 Å². The van der Waals surface area contributed by atoms with E-state index in [0.717, 1.165) is 48.1 Å². The molecule has 5 nitrogen and oxygen atoms in total. The molecule has 3 fully saturated rings. The molecule has 2 aromatic carbocycles. The predicted molar refractivity (Wildman–Crippen MR) is 143 cm³/mol. The summed E-state index contributed by atoms with van der Waals surface area (Å²) in [6.07, 6.45) is 5.63. The summed E-state index contributed by atoms with van der Waals surface area (Å²) in [5.74, 6) is 1.52. The molecule has 3 aliphatic heterocycles. The number of carbonyl (C=O) groups is 1. The van der Waals surface area contributed by atoms with E-state index in [1.165, 1.54) is 5.56 Å². The van der Waals surface area contributed by atoms with E-state index >= 15 is 0 Å². The van der Waals surface area contributed by atoms with Gasteiger partial charge in [-0.3, -0.25) is 9.88 Å². The van der Waals surface area contributed by atoms with Gasteiger partial charge in [-0.15, -0.1) is 6.58 Å². The summed E-state index contributed by atoms with van der Waals surface area (Å²) >= 11 is 0. The Morgan fingerprint density at radius 2 is 1.94 bits per heavy atom. The van der Waals surface area contributed by atoms with E-state index in [1.807, 2.05) is 54.7 Å². The SMILES string of the molecule is C=C[C@@H]1CN2CC[C@H]1C[C@@H]2[C@H](OC(=O)c1ccc(C(C)(C)C)cc1)c1ccnc2ccc(OC)cc12. The summed E-state index contributed by atoms with van der Waals surface area (Å²) in [7, 11) is 1.66. The number of nitrogens with zero attached hydrogens (tertiary/aromatic N) is 2. The molecule has 0 radical (unpaired) electrons. The van der Waals surface area contributed by atoms with Crippen molar-refractivity contribution >= 4 is 16.9 Å². The van der Waals surface area contributed by atoms with Crippen molar-refractivity contribution in [1.82, 2.24) is 9.88 Å². The van der Waals surface area contributed by atoms with Crippen molar-refractivity contribution in [2.75, 3.05) is 20.2 Å². The largest absolute Gasteiger partial charge is 0.497 e. The minimum absolute atomic E-state index is 0.0241. The lowest BCUT2D eigenvalue weighted by atomic mass is 9.73. The van der Waals surface area contributed by atoms with E-state index in [1.54, 1.807) is 7.11 Å². The predicted octanol–water partition coefficient (Wildman–Crippen LogP) is 6.34. The number of fused-ring (bicyclic) bond motifs is 4. The summed E-state index contributed by atoms with van der Waals surface area (Å²) in [5.41, 5.74) is 3.63. The molecule has 3 saturated heterocycles. The Hall–Kier alpha value is -3.18. The lowest BCUT2D eigenvalue weighted by Gasteiger charge is -2.51. The number of hydrogen-bond acceptors (Lipinski definition) is 5. The molecule has 1 aromatic heterocycles. The van der Waals surface area contributed by atoms with Crippen LogP contribution in [0.2, 0.25) is 0 Å². The first kappa shape index (κ1) is 24.5. The van der Waals surface area contributed by atoms with Gasteiger partial charge >= 0.3 is 5.97 Å².